The molecule has 4 atom stereocenters. The highest BCUT2D eigenvalue weighted by atomic mass is 32.1. The fourth-order valence-electron chi connectivity index (χ4n) is 7.26. The first kappa shape index (κ1) is 48.2. The molecule has 8 nitrogen and oxygen atoms in total. The van der Waals surface area contributed by atoms with Crippen molar-refractivity contribution < 1.29 is 41.8 Å². The number of likely N-dealkylation sites (N-methyl/N-ethyl adjacent to an activating group) is 2. The second kappa shape index (κ2) is 19.0. The lowest BCUT2D eigenvalue weighted by atomic mass is 9.86. The zero-order valence-corrected chi connectivity index (χ0v) is 33.2. The van der Waals surface area contributed by atoms with E-state index < -0.39 is 70.1 Å². The quantitative estimate of drug-likeness (QED) is 0.131. The van der Waals surface area contributed by atoms with Crippen molar-refractivity contribution in [1.82, 2.24) is 10.6 Å². The Bertz CT molecular complexity index is 2000. The van der Waals surface area contributed by atoms with Crippen LogP contribution >= 0.6 is 27.0 Å². The van der Waals surface area contributed by atoms with E-state index in [0.29, 0.717) is 22.8 Å². The van der Waals surface area contributed by atoms with Gasteiger partial charge >= 0.3 is 0 Å². The van der Waals surface area contributed by atoms with E-state index in [-0.39, 0.29) is 70.4 Å². The lowest BCUT2D eigenvalue weighted by Gasteiger charge is -2.34. The average molecular weight is 823 g/mol. The number of carbonyl (C=O) groups is 2. The van der Waals surface area contributed by atoms with E-state index in [1.165, 1.54) is 41.3 Å². The molecule has 56 heavy (non-hydrogen) atoms. The molecule has 0 bridgehead atoms. The summed E-state index contributed by atoms with van der Waals surface area (Å²) in [6.07, 6.45) is -2.27. The van der Waals surface area contributed by atoms with Crippen LogP contribution < -0.4 is 20.4 Å². The largest absolute Gasteiger partial charge is 0.389 e. The summed E-state index contributed by atoms with van der Waals surface area (Å²) in [5.74, 6) is -4.12. The molecule has 2 amide bonds. The Morgan fingerprint density at radius 2 is 0.964 bits per heavy atom. The zero-order valence-electron chi connectivity index (χ0n) is 31.2. The van der Waals surface area contributed by atoms with E-state index in [2.05, 4.69) is 10.6 Å². The number of para-hydroxylation sites is 2. The summed E-state index contributed by atoms with van der Waals surface area (Å²) >= 11 is 0. The maximum atomic E-state index is 14.7. The van der Waals surface area contributed by atoms with Gasteiger partial charge in [0.05, 0.1) is 46.5 Å². The number of nitrogens with one attached hydrogen (secondary N) is 2. The molecule has 0 fully saturated rings. The molecule has 4 aromatic rings. The van der Waals surface area contributed by atoms with E-state index in [0.717, 1.165) is 17.0 Å². The van der Waals surface area contributed by atoms with E-state index in [9.17, 15) is 41.8 Å². The molecule has 2 heterocycles. The van der Waals surface area contributed by atoms with Gasteiger partial charge in [-0.3, -0.25) is 19.4 Å². The molecule has 0 aromatic heterocycles. The normalized spacial score (nSPS) is 16.9. The van der Waals surface area contributed by atoms with Gasteiger partial charge in [0.1, 0.15) is 29.1 Å². The topological polar surface area (TPSA) is 105 Å². The average Bonchev–Trinajstić information content (AvgIpc) is 3.41. The molecule has 0 spiro atoms. The Morgan fingerprint density at radius 3 is 1.36 bits per heavy atom. The maximum Gasteiger partial charge on any atom is 0.237 e. The molecule has 0 saturated heterocycles. The third-order valence-electron chi connectivity index (χ3n) is 9.84. The van der Waals surface area contributed by atoms with Crippen LogP contribution in [-0.4, -0.2) is 61.4 Å². The zero-order chi connectivity index (χ0) is 39.0. The minimum Gasteiger partial charge on any atom is -0.389 e. The molecule has 4 N–H and O–H groups in total. The Morgan fingerprint density at radius 1 is 0.589 bits per heavy atom. The van der Waals surface area contributed by atoms with Crippen LogP contribution in [0.1, 0.15) is 69.5 Å². The van der Waals surface area contributed by atoms with Crippen LogP contribution in [0.3, 0.4) is 0 Å². The Kier molecular flexibility index (Phi) is 16.3. The Balaban J connectivity index is 0.000000367. The number of rotatable bonds is 10. The number of hydrogen-bond acceptors (Lipinski definition) is 6. The van der Waals surface area contributed by atoms with E-state index in [4.69, 9.17) is 0 Å². The number of anilines is 2. The summed E-state index contributed by atoms with van der Waals surface area (Å²) in [6.45, 7) is 6.95. The first-order chi connectivity index (χ1) is 25.0. The summed E-state index contributed by atoms with van der Waals surface area (Å²) in [7, 11) is 3.26. The monoisotopic (exact) mass is 822 g/mol. The smallest absolute Gasteiger partial charge is 0.237 e. The maximum absolute atomic E-state index is 14.7. The standard InChI is InChI=1S/C20H21F3N2O2.C20H22F2N2O2.CH4.2H2S/c1-20(2)14-5-4-6-15(23)18(14)25(19(20)27)17(16(26)10-24-3)11-7-12(21)9-13(22)8-11;1-20(2)14-8-5-9-15(22)18(14)24(19(20)26)17(16(25)11-23-3)12-6-4-7-13(21)10-12;;;/h4-9,16-17,24,26H,10H2,1-3H3;4-10,16-17,23,25H,11H2,1-3H3;1H4;2*1H2/t2*16-,17+;;;/m11.../s1. The van der Waals surface area contributed by atoms with Gasteiger partial charge in [-0.1, -0.05) is 43.8 Å². The van der Waals surface area contributed by atoms with Gasteiger partial charge in [0, 0.05) is 19.2 Å². The molecule has 0 unspecified atom stereocenters. The lowest BCUT2D eigenvalue weighted by Crippen LogP contribution is -2.46. The summed E-state index contributed by atoms with van der Waals surface area (Å²) in [5, 5.41) is 27.0. The van der Waals surface area contributed by atoms with Crippen molar-refractivity contribution in [3.8, 4) is 0 Å². The van der Waals surface area contributed by atoms with Gasteiger partial charge in [-0.15, -0.1) is 0 Å². The van der Waals surface area contributed by atoms with Crippen LogP contribution in [-0.2, 0) is 20.4 Å². The highest BCUT2D eigenvalue weighted by Crippen LogP contribution is 2.49. The van der Waals surface area contributed by atoms with Crippen LogP contribution in [0.15, 0.2) is 78.9 Å². The molecular formula is C41H51F5N4O4S2. The van der Waals surface area contributed by atoms with Crippen LogP contribution in [0.25, 0.3) is 0 Å². The number of hydrogen-bond donors (Lipinski definition) is 4. The van der Waals surface area contributed by atoms with Crippen molar-refractivity contribution in [1.29, 1.82) is 0 Å². The fraction of sp³-hybridized carbons (Fsp3) is 0.366. The van der Waals surface area contributed by atoms with E-state index in [1.54, 1.807) is 66.1 Å². The number of halogens is 5. The van der Waals surface area contributed by atoms with Gasteiger partial charge < -0.3 is 20.8 Å². The number of nitrogens with zero attached hydrogens (tertiary/aromatic N) is 2. The summed E-state index contributed by atoms with van der Waals surface area (Å²) in [6, 6.07) is 15.3. The Labute approximate surface area is 339 Å². The van der Waals surface area contributed by atoms with Gasteiger partial charge in [0.15, 0.2) is 0 Å². The van der Waals surface area contributed by atoms with Crippen molar-refractivity contribution in [3.05, 3.63) is 130 Å². The first-order valence-electron chi connectivity index (χ1n) is 17.1. The van der Waals surface area contributed by atoms with E-state index in [1.807, 2.05) is 0 Å². The van der Waals surface area contributed by atoms with Crippen LogP contribution in [0.5, 0.6) is 0 Å². The molecule has 0 radical (unpaired) electrons. The number of benzene rings is 4. The van der Waals surface area contributed by atoms with Crippen LogP contribution in [0, 0.1) is 29.1 Å². The summed E-state index contributed by atoms with van der Waals surface area (Å²) in [5.41, 5.74) is -0.331. The molecule has 0 aliphatic carbocycles. The molecule has 306 valence electrons. The van der Waals surface area contributed by atoms with Crippen molar-refractivity contribution >= 4 is 50.2 Å². The highest BCUT2D eigenvalue weighted by molar-refractivity contribution is 7.59. The SMILES string of the molecule is C.CNC[C@@H](O)[C@H](c1cc(F)cc(F)c1)N1C(=O)C(C)(C)c2cccc(F)c21.CNC[C@@H](O)[C@H](c1cccc(F)c1)N1C(=O)C(C)(C)c2cccc(F)c21.S.S. The molecule has 2 aliphatic rings. The number of aliphatic hydroxyl groups excluding tert-OH is 2. The number of carbonyl (C=O) groups excluding carboxylic acids is 2. The van der Waals surface area contributed by atoms with Gasteiger partial charge in [0.25, 0.3) is 0 Å². The van der Waals surface area contributed by atoms with Crippen molar-refractivity contribution in [2.24, 2.45) is 0 Å². The highest BCUT2D eigenvalue weighted by Gasteiger charge is 2.51. The van der Waals surface area contributed by atoms with Gasteiger partial charge in [0.2, 0.25) is 11.8 Å². The number of aliphatic hydroxyl groups is 2. The van der Waals surface area contributed by atoms with Crippen LogP contribution in [0.2, 0.25) is 0 Å². The van der Waals surface area contributed by atoms with Crippen LogP contribution in [0.4, 0.5) is 33.3 Å². The molecule has 6 rings (SSSR count). The molecule has 4 aromatic carbocycles. The fourth-order valence-corrected chi connectivity index (χ4v) is 7.26. The summed E-state index contributed by atoms with van der Waals surface area (Å²) in [4.78, 5) is 28.8. The molecule has 15 heteroatoms. The number of fused-ring (bicyclic) bond motifs is 2. The third-order valence-corrected chi connectivity index (χ3v) is 9.84. The minimum atomic E-state index is -1.22. The number of amides is 2. The predicted octanol–water partition coefficient (Wildman–Crippen LogP) is 6.82. The van der Waals surface area contributed by atoms with Crippen molar-refractivity contribution in [3.63, 3.8) is 0 Å². The minimum absolute atomic E-state index is 0. The lowest BCUT2D eigenvalue weighted by molar-refractivity contribution is -0.123. The molecule has 0 saturated carbocycles. The second-order valence-corrected chi connectivity index (χ2v) is 14.3. The van der Waals surface area contributed by atoms with Crippen molar-refractivity contribution in [2.45, 2.75) is 70.2 Å². The first-order valence-corrected chi connectivity index (χ1v) is 17.1. The molecule has 2 aliphatic heterocycles. The summed E-state index contributed by atoms with van der Waals surface area (Å²) < 4.78 is 70.9. The second-order valence-electron chi connectivity index (χ2n) is 14.3. The Hall–Kier alpha value is -3.99. The van der Waals surface area contributed by atoms with Gasteiger partial charge in [-0.05, 0) is 100 Å². The third kappa shape index (κ3) is 8.93. The molecular weight excluding hydrogens is 772 g/mol. The van der Waals surface area contributed by atoms with Crippen molar-refractivity contribution in [2.75, 3.05) is 37.0 Å². The van der Waals surface area contributed by atoms with E-state index >= 15 is 0 Å². The van der Waals surface area contributed by atoms with Gasteiger partial charge in [-0.2, -0.15) is 27.0 Å². The predicted molar refractivity (Wildman–Crippen MR) is 219 cm³/mol. The van der Waals surface area contributed by atoms with Gasteiger partial charge in [-0.25, -0.2) is 22.0 Å².